The zero-order valence-corrected chi connectivity index (χ0v) is 19.0. The minimum atomic E-state index is -4.97. The van der Waals surface area contributed by atoms with E-state index in [0.29, 0.717) is 17.5 Å². The summed E-state index contributed by atoms with van der Waals surface area (Å²) < 4.78 is 67.4. The van der Waals surface area contributed by atoms with Crippen molar-refractivity contribution in [3.05, 3.63) is 35.0 Å². The summed E-state index contributed by atoms with van der Waals surface area (Å²) in [6, 6.07) is 3.02. The fourth-order valence-corrected chi connectivity index (χ4v) is 5.38. The van der Waals surface area contributed by atoms with E-state index >= 15 is 0 Å². The van der Waals surface area contributed by atoms with Crippen LogP contribution < -0.4 is 4.72 Å². The Balaban J connectivity index is 2.02. The zero-order chi connectivity index (χ0) is 23.7. The number of hydrogen-bond acceptors (Lipinski definition) is 6. The maximum absolute atomic E-state index is 13.5. The van der Waals surface area contributed by atoms with Crippen LogP contribution in [0.3, 0.4) is 0 Å². The molecule has 0 spiro atoms. The largest absolute Gasteiger partial charge is 0.507 e. The van der Waals surface area contributed by atoms with Crippen LogP contribution in [-0.2, 0) is 22.6 Å². The minimum Gasteiger partial charge on any atom is -0.507 e. The van der Waals surface area contributed by atoms with Gasteiger partial charge < -0.3 is 10.0 Å². The van der Waals surface area contributed by atoms with Crippen LogP contribution in [0.25, 0.3) is 11.3 Å². The van der Waals surface area contributed by atoms with E-state index < -0.39 is 32.4 Å². The number of halogens is 3. The Kier molecular flexibility index (Phi) is 7.11. The lowest BCUT2D eigenvalue weighted by molar-refractivity contribution is -0.140. The van der Waals surface area contributed by atoms with E-state index in [1.165, 1.54) is 6.92 Å². The molecule has 176 valence electrons. The van der Waals surface area contributed by atoms with Gasteiger partial charge in [-0.25, -0.2) is 13.1 Å². The normalized spacial score (nSPS) is 18.1. The molecule has 2 heterocycles. The van der Waals surface area contributed by atoms with Gasteiger partial charge >= 0.3 is 6.18 Å². The first-order valence-electron chi connectivity index (χ1n) is 10.4. The van der Waals surface area contributed by atoms with Crippen LogP contribution in [-0.4, -0.2) is 55.3 Å². The molecule has 32 heavy (non-hydrogen) atoms. The topological polar surface area (TPSA) is 95.4 Å². The molecule has 1 atom stereocenters. The fourth-order valence-electron chi connectivity index (χ4n) is 4.11. The summed E-state index contributed by atoms with van der Waals surface area (Å²) in [5, 5.41) is 18.7. The van der Waals surface area contributed by atoms with Crippen molar-refractivity contribution in [3.63, 3.8) is 0 Å². The molecule has 0 amide bonds. The number of nitrogens with zero attached hydrogens (tertiary/aromatic N) is 3. The van der Waals surface area contributed by atoms with Gasteiger partial charge in [0.2, 0.25) is 10.0 Å². The Labute approximate surface area is 185 Å². The van der Waals surface area contributed by atoms with Crippen LogP contribution >= 0.6 is 0 Å². The molecule has 1 fully saturated rings. The molecule has 2 aromatic rings. The number of benzene rings is 1. The van der Waals surface area contributed by atoms with Gasteiger partial charge in [-0.1, -0.05) is 6.92 Å². The molecule has 1 aliphatic heterocycles. The Morgan fingerprint density at radius 2 is 1.97 bits per heavy atom. The Morgan fingerprint density at radius 3 is 2.56 bits per heavy atom. The summed E-state index contributed by atoms with van der Waals surface area (Å²) in [5.41, 5.74) is -0.0973. The van der Waals surface area contributed by atoms with Crippen molar-refractivity contribution in [2.75, 3.05) is 26.7 Å². The van der Waals surface area contributed by atoms with Gasteiger partial charge in [0, 0.05) is 18.7 Å². The van der Waals surface area contributed by atoms with E-state index in [1.54, 1.807) is 13.0 Å². The van der Waals surface area contributed by atoms with Crippen LogP contribution in [0.1, 0.15) is 36.6 Å². The van der Waals surface area contributed by atoms with Gasteiger partial charge in [0.05, 0.1) is 21.8 Å². The molecule has 3 rings (SSSR count). The number of piperidine rings is 1. The Bertz CT molecular complexity index is 1090. The van der Waals surface area contributed by atoms with Crippen molar-refractivity contribution in [1.82, 2.24) is 19.8 Å². The molecular formula is C21H27F3N4O3S. The molecule has 0 aliphatic carbocycles. The Hall–Kier alpha value is -2.24. The smallest absolute Gasteiger partial charge is 0.417 e. The van der Waals surface area contributed by atoms with Gasteiger partial charge in [-0.2, -0.15) is 18.3 Å². The summed E-state index contributed by atoms with van der Waals surface area (Å²) in [4.78, 5) is 1.30. The highest BCUT2D eigenvalue weighted by Gasteiger charge is 2.38. The first kappa shape index (κ1) is 24.4. The van der Waals surface area contributed by atoms with E-state index in [4.69, 9.17) is 0 Å². The highest BCUT2D eigenvalue weighted by Crippen LogP contribution is 2.41. The molecule has 1 aromatic heterocycles. The maximum Gasteiger partial charge on any atom is 0.417 e. The number of phenols is 1. The van der Waals surface area contributed by atoms with Crippen molar-refractivity contribution < 1.29 is 26.7 Å². The summed E-state index contributed by atoms with van der Waals surface area (Å²) in [6.07, 6.45) is -2.06. The van der Waals surface area contributed by atoms with Crippen molar-refractivity contribution in [2.45, 2.75) is 44.2 Å². The number of nitrogens with one attached hydrogen (secondary N) is 1. The quantitative estimate of drug-likeness (QED) is 0.670. The van der Waals surface area contributed by atoms with Crippen LogP contribution in [0.2, 0.25) is 0 Å². The summed E-state index contributed by atoms with van der Waals surface area (Å²) in [7, 11) is -2.38. The standard InChI is InChI=1S/C21H27F3N4O3S/c1-4-25-32(30,31)19-10-16(18(29)11-17(19)21(22,23)24)20-13(2)8-15(26-27-20)9-14-6-5-7-28(3)12-14/h8,10-11,14,25,29H,4-7,9,12H2,1-3H3/t14-/m0/s1. The van der Waals surface area contributed by atoms with E-state index in [9.17, 15) is 26.7 Å². The van der Waals surface area contributed by atoms with E-state index in [1.807, 2.05) is 0 Å². The van der Waals surface area contributed by atoms with Crippen LogP contribution in [0.4, 0.5) is 13.2 Å². The van der Waals surface area contributed by atoms with Crippen molar-refractivity contribution in [3.8, 4) is 17.0 Å². The predicted molar refractivity (Wildman–Crippen MR) is 114 cm³/mol. The zero-order valence-electron chi connectivity index (χ0n) is 18.2. The van der Waals surface area contributed by atoms with E-state index in [2.05, 4.69) is 26.9 Å². The molecule has 7 nitrogen and oxygen atoms in total. The van der Waals surface area contributed by atoms with Gasteiger partial charge in [0.15, 0.2) is 0 Å². The van der Waals surface area contributed by atoms with Crippen LogP contribution in [0, 0.1) is 12.8 Å². The molecule has 2 N–H and O–H groups in total. The SMILES string of the molecule is CCNS(=O)(=O)c1cc(-c2nnc(C[C@@H]3CCCN(C)C3)cc2C)c(O)cc1C(F)(F)F. The summed E-state index contributed by atoms with van der Waals surface area (Å²) >= 11 is 0. The van der Waals surface area contributed by atoms with Gasteiger partial charge in [0.25, 0.3) is 0 Å². The van der Waals surface area contributed by atoms with E-state index in [-0.39, 0.29) is 17.8 Å². The van der Waals surface area contributed by atoms with Gasteiger partial charge in [-0.15, -0.1) is 5.10 Å². The molecule has 1 aliphatic rings. The lowest BCUT2D eigenvalue weighted by Gasteiger charge is -2.29. The predicted octanol–water partition coefficient (Wildman–Crippen LogP) is 3.36. The monoisotopic (exact) mass is 472 g/mol. The molecule has 0 bridgehead atoms. The first-order valence-corrected chi connectivity index (χ1v) is 11.9. The highest BCUT2D eigenvalue weighted by molar-refractivity contribution is 7.89. The van der Waals surface area contributed by atoms with Gasteiger partial charge in [-0.3, -0.25) is 0 Å². The van der Waals surface area contributed by atoms with Crippen LogP contribution in [0.15, 0.2) is 23.1 Å². The number of hydrogen-bond donors (Lipinski definition) is 2. The first-order chi connectivity index (χ1) is 14.9. The van der Waals surface area contributed by atoms with Gasteiger partial charge in [0.1, 0.15) is 5.75 Å². The number of aryl methyl sites for hydroxylation is 1. The van der Waals surface area contributed by atoms with Crippen molar-refractivity contribution in [2.24, 2.45) is 5.92 Å². The van der Waals surface area contributed by atoms with Crippen molar-refractivity contribution in [1.29, 1.82) is 0 Å². The van der Waals surface area contributed by atoms with Gasteiger partial charge in [-0.05, 0) is 69.5 Å². The number of likely N-dealkylation sites (tertiary alicyclic amines) is 1. The highest BCUT2D eigenvalue weighted by atomic mass is 32.2. The fraction of sp³-hybridized carbons (Fsp3) is 0.524. The molecule has 0 saturated carbocycles. The maximum atomic E-state index is 13.5. The third-order valence-electron chi connectivity index (χ3n) is 5.54. The molecule has 1 saturated heterocycles. The average Bonchev–Trinajstić information content (AvgIpc) is 2.67. The number of aromatic hydroxyl groups is 1. The lowest BCUT2D eigenvalue weighted by atomic mass is 9.93. The number of rotatable bonds is 6. The molecule has 11 heteroatoms. The molecule has 0 unspecified atom stereocenters. The Morgan fingerprint density at radius 1 is 1.25 bits per heavy atom. The second-order valence-electron chi connectivity index (χ2n) is 8.21. The summed E-state index contributed by atoms with van der Waals surface area (Å²) in [5.74, 6) is -0.281. The van der Waals surface area contributed by atoms with Crippen molar-refractivity contribution >= 4 is 10.0 Å². The minimum absolute atomic E-state index is 0.0836. The molecular weight excluding hydrogens is 445 g/mol. The van der Waals surface area contributed by atoms with Crippen LogP contribution in [0.5, 0.6) is 5.75 Å². The number of alkyl halides is 3. The third-order valence-corrected chi connectivity index (χ3v) is 7.12. The average molecular weight is 473 g/mol. The second kappa shape index (κ2) is 9.32. The third kappa shape index (κ3) is 5.38. The summed E-state index contributed by atoms with van der Waals surface area (Å²) in [6.45, 7) is 5.10. The molecule has 0 radical (unpaired) electrons. The molecule has 1 aromatic carbocycles. The van der Waals surface area contributed by atoms with E-state index in [0.717, 1.165) is 44.1 Å². The number of phenolic OH excluding ortho intramolecular Hbond substituents is 1. The number of aromatic nitrogens is 2. The lowest BCUT2D eigenvalue weighted by Crippen LogP contribution is -2.33. The second-order valence-corrected chi connectivity index (χ2v) is 9.94. The number of sulfonamides is 1.